The maximum absolute atomic E-state index is 10.3. The summed E-state index contributed by atoms with van der Waals surface area (Å²) in [6.07, 6.45) is -0.758. The van der Waals surface area contributed by atoms with Crippen LogP contribution in [0, 0.1) is 9.62 Å². The van der Waals surface area contributed by atoms with Crippen LogP contribution in [0.2, 0.25) is 0 Å². The highest BCUT2D eigenvalue weighted by molar-refractivity contribution is 14.1. The Hall–Kier alpha value is -1.88. The summed E-state index contributed by atoms with van der Waals surface area (Å²) in [5, 5.41) is 27.4. The third-order valence-electron chi connectivity index (χ3n) is 5.66. The van der Waals surface area contributed by atoms with Crippen molar-refractivity contribution in [2.45, 2.75) is 45.4 Å². The summed E-state index contributed by atoms with van der Waals surface area (Å²) >= 11 is 7.90. The van der Waals surface area contributed by atoms with Gasteiger partial charge in [-0.25, -0.2) is 4.68 Å². The van der Waals surface area contributed by atoms with Gasteiger partial charge in [0.2, 0.25) is 0 Å². The molecule has 0 aliphatic heterocycles. The molecule has 0 spiro atoms. The average molecular weight is 600 g/mol. The molecule has 0 unspecified atom stereocenters. The van der Waals surface area contributed by atoms with E-state index in [1.165, 1.54) is 5.56 Å². The molecule has 9 heteroatoms. The zero-order chi connectivity index (χ0) is 24.7. The Morgan fingerprint density at radius 1 is 1.00 bits per heavy atom. The minimum atomic E-state index is -0.758. The Labute approximate surface area is 219 Å². The molecule has 3 aromatic rings. The van der Waals surface area contributed by atoms with Gasteiger partial charge >= 0.3 is 0 Å². The molecule has 0 fully saturated rings. The van der Waals surface area contributed by atoms with Crippen LogP contribution in [0.4, 0.5) is 0 Å². The van der Waals surface area contributed by atoms with Crippen LogP contribution in [0.15, 0.2) is 48.5 Å². The summed E-state index contributed by atoms with van der Waals surface area (Å²) < 4.78 is 13.8. The predicted molar refractivity (Wildman–Crippen MR) is 141 cm³/mol. The van der Waals surface area contributed by atoms with Crippen LogP contribution in [-0.2, 0) is 18.6 Å². The number of hydrogen-bond donors (Lipinski definition) is 2. The lowest BCUT2D eigenvalue weighted by molar-refractivity contribution is 0.0881. The van der Waals surface area contributed by atoms with E-state index in [4.69, 9.17) is 21.1 Å². The number of ether oxygens (including phenoxy) is 2. The maximum Gasteiger partial charge on any atom is 0.125 e. The van der Waals surface area contributed by atoms with Crippen molar-refractivity contribution >= 4 is 34.2 Å². The van der Waals surface area contributed by atoms with E-state index >= 15 is 0 Å². The molecule has 1 heterocycles. The molecule has 2 N–H and O–H groups in total. The fourth-order valence-electron chi connectivity index (χ4n) is 3.38. The van der Waals surface area contributed by atoms with E-state index in [0.717, 1.165) is 11.3 Å². The number of alkyl halides is 1. The highest BCUT2D eigenvalue weighted by Gasteiger charge is 2.23. The standard InChI is InChI=1S/C25H31ClIN3O4/c1-17(12-26)15-33-21-8-4-18(5-9-21)25(2,3)19-6-10-22(11-7-19)34-16-20(32)13-30-24(27)23(14-31)28-29-30/h4-11,17,20,31-32H,12-16H2,1-3H3/t17-,20+/m0/s1. The van der Waals surface area contributed by atoms with Crippen molar-refractivity contribution in [3.8, 4) is 11.5 Å². The van der Waals surface area contributed by atoms with E-state index < -0.39 is 6.10 Å². The lowest BCUT2D eigenvalue weighted by Crippen LogP contribution is -2.25. The van der Waals surface area contributed by atoms with Crippen molar-refractivity contribution in [2.24, 2.45) is 5.92 Å². The van der Waals surface area contributed by atoms with E-state index in [1.54, 1.807) is 4.68 Å². The first-order valence-electron chi connectivity index (χ1n) is 11.1. The molecule has 0 aliphatic carbocycles. The first kappa shape index (κ1) is 26.7. The molecule has 0 amide bonds. The number of halogens is 2. The fraction of sp³-hybridized carbons (Fsp3) is 0.440. The lowest BCUT2D eigenvalue weighted by Gasteiger charge is -2.26. The van der Waals surface area contributed by atoms with Crippen LogP contribution in [0.5, 0.6) is 11.5 Å². The van der Waals surface area contributed by atoms with Crippen LogP contribution >= 0.6 is 34.2 Å². The molecular weight excluding hydrogens is 569 g/mol. The van der Waals surface area contributed by atoms with Gasteiger partial charge < -0.3 is 19.7 Å². The van der Waals surface area contributed by atoms with Crippen molar-refractivity contribution in [2.75, 3.05) is 19.1 Å². The largest absolute Gasteiger partial charge is 0.493 e. The van der Waals surface area contributed by atoms with Crippen LogP contribution in [-0.4, -0.2) is 50.4 Å². The van der Waals surface area contributed by atoms with E-state index in [0.29, 0.717) is 33.5 Å². The van der Waals surface area contributed by atoms with Gasteiger partial charge in [-0.3, -0.25) is 0 Å². The molecule has 2 atom stereocenters. The highest BCUT2D eigenvalue weighted by atomic mass is 127. The van der Waals surface area contributed by atoms with Gasteiger partial charge in [-0.15, -0.1) is 16.7 Å². The molecule has 1 aromatic heterocycles. The zero-order valence-corrected chi connectivity index (χ0v) is 22.5. The molecule has 0 bridgehead atoms. The SMILES string of the molecule is C[C@@H](CCl)COc1ccc(C(C)(C)c2ccc(OC[C@H](O)Cn3nnc(CO)c3I)cc2)cc1. The number of hydrogen-bond acceptors (Lipinski definition) is 6. The molecule has 0 saturated carbocycles. The van der Waals surface area contributed by atoms with Gasteiger partial charge in [-0.1, -0.05) is 50.3 Å². The van der Waals surface area contributed by atoms with Crippen molar-refractivity contribution in [1.29, 1.82) is 0 Å². The maximum atomic E-state index is 10.3. The topological polar surface area (TPSA) is 89.6 Å². The van der Waals surface area contributed by atoms with Crippen molar-refractivity contribution in [3.05, 3.63) is 69.1 Å². The van der Waals surface area contributed by atoms with Gasteiger partial charge in [-0.2, -0.15) is 0 Å². The fourth-order valence-corrected chi connectivity index (χ4v) is 4.04. The van der Waals surface area contributed by atoms with Gasteiger partial charge in [0, 0.05) is 17.2 Å². The van der Waals surface area contributed by atoms with Crippen LogP contribution in [0.3, 0.4) is 0 Å². The van der Waals surface area contributed by atoms with E-state index in [9.17, 15) is 10.2 Å². The first-order valence-corrected chi connectivity index (χ1v) is 12.7. The Kier molecular flexibility index (Phi) is 9.58. The number of aliphatic hydroxyl groups is 2. The zero-order valence-electron chi connectivity index (χ0n) is 19.6. The molecule has 3 rings (SSSR count). The monoisotopic (exact) mass is 599 g/mol. The third-order valence-corrected chi connectivity index (χ3v) is 7.37. The van der Waals surface area contributed by atoms with Crippen molar-refractivity contribution in [3.63, 3.8) is 0 Å². The summed E-state index contributed by atoms with van der Waals surface area (Å²) in [5.41, 5.74) is 2.63. The van der Waals surface area contributed by atoms with Gasteiger partial charge in [0.1, 0.15) is 33.6 Å². The summed E-state index contributed by atoms with van der Waals surface area (Å²) in [4.78, 5) is 0. The molecule has 184 valence electrons. The number of aromatic nitrogens is 3. The second kappa shape index (κ2) is 12.2. The predicted octanol–water partition coefficient (Wildman–Crippen LogP) is 4.39. The van der Waals surface area contributed by atoms with Crippen molar-refractivity contribution in [1.82, 2.24) is 15.0 Å². The molecule has 7 nitrogen and oxygen atoms in total. The number of rotatable bonds is 12. The van der Waals surface area contributed by atoms with E-state index in [2.05, 4.69) is 43.2 Å². The molecule has 0 saturated heterocycles. The van der Waals surface area contributed by atoms with Gasteiger partial charge in [0.05, 0.1) is 19.8 Å². The van der Waals surface area contributed by atoms with Gasteiger partial charge in [-0.05, 0) is 58.0 Å². The lowest BCUT2D eigenvalue weighted by atomic mass is 9.78. The summed E-state index contributed by atoms with van der Waals surface area (Å²) in [7, 11) is 0. The van der Waals surface area contributed by atoms with E-state index in [1.807, 2.05) is 59.0 Å². The highest BCUT2D eigenvalue weighted by Crippen LogP contribution is 2.33. The smallest absolute Gasteiger partial charge is 0.125 e. The van der Waals surface area contributed by atoms with Crippen LogP contribution < -0.4 is 9.47 Å². The van der Waals surface area contributed by atoms with E-state index in [-0.39, 0.29) is 25.2 Å². The molecule has 2 aromatic carbocycles. The normalized spacial score (nSPS) is 13.5. The molecular formula is C25H31ClIN3O4. The number of nitrogens with zero attached hydrogens (tertiary/aromatic N) is 3. The number of aliphatic hydroxyl groups excluding tert-OH is 2. The summed E-state index contributed by atoms with van der Waals surface area (Å²) in [6, 6.07) is 16.1. The summed E-state index contributed by atoms with van der Waals surface area (Å²) in [5.74, 6) is 2.41. The van der Waals surface area contributed by atoms with Crippen LogP contribution in [0.25, 0.3) is 0 Å². The van der Waals surface area contributed by atoms with Gasteiger partial charge in [0.25, 0.3) is 0 Å². The van der Waals surface area contributed by atoms with Gasteiger partial charge in [0.15, 0.2) is 0 Å². The minimum absolute atomic E-state index is 0.122. The summed E-state index contributed by atoms with van der Waals surface area (Å²) in [6.45, 7) is 7.20. The van der Waals surface area contributed by atoms with Crippen LogP contribution in [0.1, 0.15) is 37.6 Å². The Balaban J connectivity index is 1.56. The number of benzene rings is 2. The molecule has 34 heavy (non-hydrogen) atoms. The Bertz CT molecular complexity index is 1040. The quantitative estimate of drug-likeness (QED) is 0.237. The Morgan fingerprint density at radius 2 is 1.53 bits per heavy atom. The third kappa shape index (κ3) is 6.84. The average Bonchev–Trinajstić information content (AvgIpc) is 3.20. The second-order valence-corrected chi connectivity index (χ2v) is 10.2. The first-order chi connectivity index (χ1) is 16.2. The second-order valence-electron chi connectivity index (χ2n) is 8.88. The minimum Gasteiger partial charge on any atom is -0.493 e. The molecule has 0 radical (unpaired) electrons. The molecule has 0 aliphatic rings. The van der Waals surface area contributed by atoms with Crippen molar-refractivity contribution < 1.29 is 19.7 Å². The Morgan fingerprint density at radius 3 is 2.00 bits per heavy atom.